The number of esters is 1. The molecule has 0 fully saturated rings. The number of nitrogens with zero attached hydrogens (tertiary/aromatic N) is 3. The molecule has 10 heteroatoms. The first-order chi connectivity index (χ1) is 20.4. The van der Waals surface area contributed by atoms with Crippen molar-refractivity contribution in [3.8, 4) is 28.3 Å². The fraction of sp³-hybridized carbons (Fsp3) is 0.125. The molecule has 6 aromatic rings. The van der Waals surface area contributed by atoms with Gasteiger partial charge in [0.1, 0.15) is 17.9 Å². The fourth-order valence-electron chi connectivity index (χ4n) is 5.05. The van der Waals surface area contributed by atoms with Crippen LogP contribution in [0.3, 0.4) is 0 Å². The van der Waals surface area contributed by atoms with E-state index < -0.39 is 12.0 Å². The van der Waals surface area contributed by atoms with Gasteiger partial charge in [0.05, 0.1) is 5.69 Å². The van der Waals surface area contributed by atoms with Crippen molar-refractivity contribution in [2.24, 2.45) is 5.73 Å². The molecular weight excluding hydrogens is 537 g/mol. The minimum absolute atomic E-state index is 0.0364. The largest absolute Gasteiger partial charge is 0.458 e. The molecule has 0 aliphatic rings. The molecular formula is C32H26FN5O4. The summed E-state index contributed by atoms with van der Waals surface area (Å²) in [6, 6.07) is 19.5. The molecule has 210 valence electrons. The lowest BCUT2D eigenvalue weighted by Crippen LogP contribution is -2.30. The highest BCUT2D eigenvalue weighted by Crippen LogP contribution is 2.33. The Labute approximate surface area is 239 Å². The second-order valence-electron chi connectivity index (χ2n) is 9.91. The van der Waals surface area contributed by atoms with Crippen LogP contribution >= 0.6 is 0 Å². The van der Waals surface area contributed by atoms with Gasteiger partial charge in [-0.25, -0.2) is 9.18 Å². The number of aromatic amines is 1. The number of benzene rings is 2. The maximum absolute atomic E-state index is 13.9. The molecule has 9 nitrogen and oxygen atoms in total. The van der Waals surface area contributed by atoms with Crippen molar-refractivity contribution in [2.75, 3.05) is 6.61 Å². The summed E-state index contributed by atoms with van der Waals surface area (Å²) < 4.78 is 26.0. The second kappa shape index (κ2) is 11.3. The van der Waals surface area contributed by atoms with E-state index in [2.05, 4.69) is 15.0 Å². The fourth-order valence-corrected chi connectivity index (χ4v) is 5.05. The number of carbonyl (C=O) groups excluding carboxylic acids is 2. The highest BCUT2D eigenvalue weighted by atomic mass is 19.1. The minimum Gasteiger partial charge on any atom is -0.458 e. The maximum atomic E-state index is 13.9. The Morgan fingerprint density at radius 3 is 2.81 bits per heavy atom. The lowest BCUT2D eigenvalue weighted by Gasteiger charge is -2.12. The van der Waals surface area contributed by atoms with E-state index in [-0.39, 0.29) is 30.6 Å². The number of aromatic nitrogens is 4. The standard InChI is InChI=1S/C32H26FN5O4/c1-19-13-21(8-9-26(19)33)29-25(6-4-11-35-29)20-10-12-38-28(15-20)31(42-18-39)37-30(38)32(40)41-17-23(34)14-22-16-36-27-7-3-2-5-24(22)27/h2-13,15-16,18,23,36H,14,17,34H2,1H3/t23-/m0/s1. The number of imidazole rings is 1. The van der Waals surface area contributed by atoms with Crippen LogP contribution in [0.1, 0.15) is 21.7 Å². The number of fused-ring (bicyclic) bond motifs is 2. The number of hydrogen-bond donors (Lipinski definition) is 2. The lowest BCUT2D eigenvalue weighted by atomic mass is 9.98. The van der Waals surface area contributed by atoms with Crippen molar-refractivity contribution >= 4 is 28.9 Å². The van der Waals surface area contributed by atoms with Crippen LogP contribution in [0.4, 0.5) is 4.39 Å². The second-order valence-corrected chi connectivity index (χ2v) is 9.91. The Morgan fingerprint density at radius 2 is 1.98 bits per heavy atom. The molecule has 0 amide bonds. The number of halogens is 1. The van der Waals surface area contributed by atoms with Gasteiger partial charge in [-0.2, -0.15) is 4.98 Å². The molecule has 6 rings (SSSR count). The van der Waals surface area contributed by atoms with Crippen molar-refractivity contribution in [1.82, 2.24) is 19.4 Å². The number of nitrogens with one attached hydrogen (secondary N) is 1. The highest BCUT2D eigenvalue weighted by molar-refractivity contribution is 5.90. The molecule has 0 bridgehead atoms. The van der Waals surface area contributed by atoms with E-state index in [1.54, 1.807) is 49.6 Å². The minimum atomic E-state index is -0.711. The van der Waals surface area contributed by atoms with E-state index in [1.165, 1.54) is 10.5 Å². The van der Waals surface area contributed by atoms with E-state index in [1.807, 2.05) is 36.5 Å². The van der Waals surface area contributed by atoms with E-state index in [0.29, 0.717) is 23.2 Å². The summed E-state index contributed by atoms with van der Waals surface area (Å²) in [7, 11) is 0. The van der Waals surface area contributed by atoms with Crippen molar-refractivity contribution in [1.29, 1.82) is 0 Å². The number of ether oxygens (including phenoxy) is 2. The van der Waals surface area contributed by atoms with Crippen LogP contribution in [0.25, 0.3) is 38.8 Å². The molecule has 0 aliphatic heterocycles. The summed E-state index contributed by atoms with van der Waals surface area (Å²) in [6.45, 7) is 1.90. The molecule has 42 heavy (non-hydrogen) atoms. The Morgan fingerprint density at radius 1 is 1.12 bits per heavy atom. The summed E-state index contributed by atoms with van der Waals surface area (Å²) in [6.07, 6.45) is 5.71. The summed E-state index contributed by atoms with van der Waals surface area (Å²) in [5.74, 6) is -1.12. The number of hydrogen-bond acceptors (Lipinski definition) is 7. The van der Waals surface area contributed by atoms with E-state index >= 15 is 0 Å². The molecule has 4 aromatic heterocycles. The predicted octanol–water partition coefficient (Wildman–Crippen LogP) is 5.25. The first-order valence-corrected chi connectivity index (χ1v) is 13.2. The Balaban J connectivity index is 1.27. The number of rotatable bonds is 9. The summed E-state index contributed by atoms with van der Waals surface area (Å²) in [5, 5.41) is 1.07. The van der Waals surface area contributed by atoms with Gasteiger partial charge in [-0.15, -0.1) is 0 Å². The summed E-state index contributed by atoms with van der Waals surface area (Å²) in [5.41, 5.74) is 12.1. The van der Waals surface area contributed by atoms with Crippen LogP contribution in [0.15, 0.2) is 85.3 Å². The zero-order valence-electron chi connectivity index (χ0n) is 22.6. The van der Waals surface area contributed by atoms with Gasteiger partial charge in [-0.3, -0.25) is 14.2 Å². The van der Waals surface area contributed by atoms with Crippen LogP contribution < -0.4 is 10.5 Å². The molecule has 0 spiro atoms. The highest BCUT2D eigenvalue weighted by Gasteiger charge is 2.22. The van der Waals surface area contributed by atoms with Gasteiger partial charge in [0, 0.05) is 46.7 Å². The van der Waals surface area contributed by atoms with Crippen molar-refractivity contribution < 1.29 is 23.5 Å². The van der Waals surface area contributed by atoms with Gasteiger partial charge in [0.2, 0.25) is 11.7 Å². The molecule has 0 radical (unpaired) electrons. The average molecular weight is 564 g/mol. The van der Waals surface area contributed by atoms with Gasteiger partial charge in [0.25, 0.3) is 6.47 Å². The summed E-state index contributed by atoms with van der Waals surface area (Å²) >= 11 is 0. The maximum Gasteiger partial charge on any atom is 0.375 e. The third kappa shape index (κ3) is 5.11. The molecule has 0 aliphatic carbocycles. The average Bonchev–Trinajstić information content (AvgIpc) is 3.58. The van der Waals surface area contributed by atoms with Crippen molar-refractivity contribution in [2.45, 2.75) is 19.4 Å². The number of nitrogens with two attached hydrogens (primary N) is 1. The van der Waals surface area contributed by atoms with Gasteiger partial charge in [0.15, 0.2) is 0 Å². The first-order valence-electron chi connectivity index (χ1n) is 13.2. The number of pyridine rings is 2. The zero-order valence-corrected chi connectivity index (χ0v) is 22.6. The zero-order chi connectivity index (χ0) is 29.2. The van der Waals surface area contributed by atoms with Gasteiger partial charge in [-0.05, 0) is 72.5 Å². The van der Waals surface area contributed by atoms with E-state index in [0.717, 1.165) is 33.2 Å². The molecule has 0 unspecified atom stereocenters. The third-order valence-corrected chi connectivity index (χ3v) is 7.09. The molecule has 4 heterocycles. The van der Waals surface area contributed by atoms with Gasteiger partial charge < -0.3 is 20.2 Å². The smallest absolute Gasteiger partial charge is 0.375 e. The molecule has 0 saturated carbocycles. The monoisotopic (exact) mass is 563 g/mol. The van der Waals surface area contributed by atoms with Gasteiger partial charge >= 0.3 is 5.97 Å². The SMILES string of the molecule is Cc1cc(-c2ncccc2-c2ccn3c(C(=O)OC[C@@H](N)Cc4c[nH]c5ccccc45)nc(OC=O)c3c2)ccc1F. The first kappa shape index (κ1) is 26.9. The number of carbonyl (C=O) groups is 2. The normalized spacial score (nSPS) is 12.0. The number of aryl methyl sites for hydroxylation is 1. The quantitative estimate of drug-likeness (QED) is 0.182. The lowest BCUT2D eigenvalue weighted by molar-refractivity contribution is -0.120. The van der Waals surface area contributed by atoms with Gasteiger partial charge in [-0.1, -0.05) is 24.3 Å². The third-order valence-electron chi connectivity index (χ3n) is 7.09. The van der Waals surface area contributed by atoms with Crippen molar-refractivity contribution in [3.05, 3.63) is 108 Å². The summed E-state index contributed by atoms with van der Waals surface area (Å²) in [4.78, 5) is 36.3. The van der Waals surface area contributed by atoms with Crippen molar-refractivity contribution in [3.63, 3.8) is 0 Å². The Kier molecular flexibility index (Phi) is 7.20. The van der Waals surface area contributed by atoms with Crippen LogP contribution in [-0.4, -0.2) is 44.4 Å². The number of H-pyrrole nitrogens is 1. The molecule has 1 atom stereocenters. The molecule has 2 aromatic carbocycles. The van der Waals surface area contributed by atoms with Crippen LogP contribution in [0.2, 0.25) is 0 Å². The topological polar surface area (TPSA) is 125 Å². The van der Waals surface area contributed by atoms with E-state index in [4.69, 9.17) is 15.2 Å². The Bertz CT molecular complexity index is 1950. The van der Waals surface area contributed by atoms with E-state index in [9.17, 15) is 14.0 Å². The van der Waals surface area contributed by atoms with Crippen LogP contribution in [-0.2, 0) is 16.0 Å². The van der Waals surface area contributed by atoms with Crippen LogP contribution in [0.5, 0.6) is 5.88 Å². The Hall–Kier alpha value is -5.35. The number of para-hydroxylation sites is 1. The van der Waals surface area contributed by atoms with Crippen LogP contribution in [0, 0.1) is 12.7 Å². The molecule has 0 saturated heterocycles. The molecule has 3 N–H and O–H groups in total. The predicted molar refractivity (Wildman–Crippen MR) is 156 cm³/mol.